The van der Waals surface area contributed by atoms with Crippen LogP contribution in [0.3, 0.4) is 0 Å². The van der Waals surface area contributed by atoms with Crippen molar-refractivity contribution in [3.8, 4) is 11.3 Å². The number of hydrogen-bond acceptors (Lipinski definition) is 3. The van der Waals surface area contributed by atoms with E-state index in [1.165, 1.54) is 4.57 Å². The lowest BCUT2D eigenvalue weighted by molar-refractivity contribution is -0.137. The highest BCUT2D eigenvalue weighted by atomic mass is 79.9. The number of fused-ring (bicyclic) bond motifs is 3. The number of aromatic nitrogens is 1. The molecule has 3 rings (SSSR count). The van der Waals surface area contributed by atoms with Crippen LogP contribution in [0.25, 0.3) is 11.3 Å². The number of thiazole rings is 1. The average Bonchev–Trinajstić information content (AvgIpc) is 2.76. The maximum absolute atomic E-state index is 11.8. The molecule has 0 fully saturated rings. The van der Waals surface area contributed by atoms with E-state index in [-0.39, 0.29) is 11.4 Å². The summed E-state index contributed by atoms with van der Waals surface area (Å²) in [5, 5.41) is 8.88. The van der Waals surface area contributed by atoms with Crippen LogP contribution >= 0.6 is 27.3 Å². The van der Waals surface area contributed by atoms with Crippen molar-refractivity contribution in [1.29, 1.82) is 0 Å². The van der Waals surface area contributed by atoms with Gasteiger partial charge in [-0.1, -0.05) is 33.3 Å². The maximum atomic E-state index is 11.8. The molecule has 0 saturated heterocycles. The molecule has 1 aliphatic rings. The molecule has 0 amide bonds. The van der Waals surface area contributed by atoms with E-state index < -0.39 is 5.97 Å². The first-order valence-corrected chi connectivity index (χ1v) is 6.90. The SMILES string of the molecule is O=C(O)Cn1c2c(sc1=O)Cc1ccc(Br)cc1-2. The molecule has 1 heterocycles. The van der Waals surface area contributed by atoms with Gasteiger partial charge in [0.2, 0.25) is 0 Å². The molecule has 4 nitrogen and oxygen atoms in total. The second kappa shape index (κ2) is 4.07. The summed E-state index contributed by atoms with van der Waals surface area (Å²) < 4.78 is 2.27. The number of hydrogen-bond donors (Lipinski definition) is 1. The van der Waals surface area contributed by atoms with Crippen molar-refractivity contribution in [1.82, 2.24) is 4.57 Å². The molecule has 1 aliphatic carbocycles. The minimum absolute atomic E-state index is 0.201. The van der Waals surface area contributed by atoms with E-state index >= 15 is 0 Å². The third kappa shape index (κ3) is 1.72. The van der Waals surface area contributed by atoms with Gasteiger partial charge in [-0.05, 0) is 17.7 Å². The first kappa shape index (κ1) is 11.7. The molecule has 0 spiro atoms. The Hall–Kier alpha value is -1.40. The van der Waals surface area contributed by atoms with Crippen molar-refractivity contribution in [2.45, 2.75) is 13.0 Å². The third-order valence-electron chi connectivity index (χ3n) is 2.94. The second-order valence-electron chi connectivity index (χ2n) is 4.10. The fourth-order valence-corrected chi connectivity index (χ4v) is 3.62. The zero-order chi connectivity index (χ0) is 12.9. The summed E-state index contributed by atoms with van der Waals surface area (Å²) in [4.78, 5) is 23.4. The van der Waals surface area contributed by atoms with Crippen LogP contribution in [0.1, 0.15) is 10.4 Å². The molecule has 6 heteroatoms. The third-order valence-corrected chi connectivity index (χ3v) is 4.41. The topological polar surface area (TPSA) is 59.3 Å². The van der Waals surface area contributed by atoms with Gasteiger partial charge in [0.1, 0.15) is 6.54 Å². The van der Waals surface area contributed by atoms with Crippen LogP contribution in [-0.2, 0) is 17.8 Å². The van der Waals surface area contributed by atoms with E-state index in [2.05, 4.69) is 15.9 Å². The van der Waals surface area contributed by atoms with Gasteiger partial charge in [-0.2, -0.15) is 0 Å². The molecule has 1 aromatic carbocycles. The highest BCUT2D eigenvalue weighted by molar-refractivity contribution is 9.10. The Bertz CT molecular complexity index is 717. The molecule has 0 bridgehead atoms. The van der Waals surface area contributed by atoms with E-state index in [0.29, 0.717) is 6.42 Å². The Labute approximate surface area is 115 Å². The van der Waals surface area contributed by atoms with Gasteiger partial charge >= 0.3 is 10.8 Å². The summed E-state index contributed by atoms with van der Waals surface area (Å²) in [6.07, 6.45) is 0.713. The average molecular weight is 326 g/mol. The predicted octanol–water partition coefficient (Wildman–Crippen LogP) is 2.33. The summed E-state index contributed by atoms with van der Waals surface area (Å²) >= 11 is 4.54. The van der Waals surface area contributed by atoms with Crippen LogP contribution in [-0.4, -0.2) is 15.6 Å². The molecule has 1 aromatic heterocycles. The molecule has 2 aromatic rings. The Morgan fingerprint density at radius 2 is 2.28 bits per heavy atom. The number of benzene rings is 1. The van der Waals surface area contributed by atoms with Crippen LogP contribution in [0.15, 0.2) is 27.5 Å². The maximum Gasteiger partial charge on any atom is 0.323 e. The molecule has 0 atom stereocenters. The van der Waals surface area contributed by atoms with E-state index in [4.69, 9.17) is 5.11 Å². The summed E-state index contributed by atoms with van der Waals surface area (Å²) in [5.41, 5.74) is 2.86. The fraction of sp³-hybridized carbons (Fsp3) is 0.167. The monoisotopic (exact) mass is 325 g/mol. The zero-order valence-corrected chi connectivity index (χ0v) is 11.5. The van der Waals surface area contributed by atoms with Gasteiger partial charge in [0.05, 0.1) is 5.69 Å². The van der Waals surface area contributed by atoms with Crippen molar-refractivity contribution >= 4 is 33.2 Å². The predicted molar refractivity (Wildman–Crippen MR) is 72.2 cm³/mol. The lowest BCUT2D eigenvalue weighted by Gasteiger charge is -2.05. The Morgan fingerprint density at radius 3 is 3.00 bits per heavy atom. The number of carboxylic acids is 1. The summed E-state index contributed by atoms with van der Waals surface area (Å²) in [7, 11) is 0. The molecule has 0 radical (unpaired) electrons. The first-order valence-electron chi connectivity index (χ1n) is 5.29. The van der Waals surface area contributed by atoms with Crippen molar-refractivity contribution in [2.24, 2.45) is 0 Å². The van der Waals surface area contributed by atoms with Crippen molar-refractivity contribution in [2.75, 3.05) is 0 Å². The molecule has 18 heavy (non-hydrogen) atoms. The molecule has 92 valence electrons. The lowest BCUT2D eigenvalue weighted by atomic mass is 10.1. The van der Waals surface area contributed by atoms with Crippen LogP contribution in [0.2, 0.25) is 0 Å². The second-order valence-corrected chi connectivity index (χ2v) is 6.06. The molecular formula is C12H8BrNO3S. The summed E-state index contributed by atoms with van der Waals surface area (Å²) in [5.74, 6) is -0.999. The fourth-order valence-electron chi connectivity index (χ4n) is 2.24. The van der Waals surface area contributed by atoms with E-state index in [9.17, 15) is 9.59 Å². The number of halogens is 1. The van der Waals surface area contributed by atoms with Crippen molar-refractivity contribution in [3.63, 3.8) is 0 Å². The summed E-state index contributed by atoms with van der Waals surface area (Å²) in [6, 6.07) is 5.89. The molecule has 0 saturated carbocycles. The van der Waals surface area contributed by atoms with Crippen LogP contribution in [0.4, 0.5) is 0 Å². The van der Waals surface area contributed by atoms with Gasteiger partial charge < -0.3 is 5.11 Å². The van der Waals surface area contributed by atoms with E-state index in [0.717, 1.165) is 37.5 Å². The zero-order valence-electron chi connectivity index (χ0n) is 9.14. The highest BCUT2D eigenvalue weighted by Crippen LogP contribution is 2.39. The number of rotatable bonds is 2. The minimum atomic E-state index is -0.999. The minimum Gasteiger partial charge on any atom is -0.480 e. The quantitative estimate of drug-likeness (QED) is 0.786. The Balaban J connectivity index is 2.24. The molecule has 1 N–H and O–H groups in total. The largest absolute Gasteiger partial charge is 0.480 e. The van der Waals surface area contributed by atoms with Gasteiger partial charge in [0, 0.05) is 21.3 Å². The Kier molecular flexibility index (Phi) is 2.64. The molecule has 0 aliphatic heterocycles. The van der Waals surface area contributed by atoms with Gasteiger partial charge in [0.25, 0.3) is 0 Å². The molecule has 0 unspecified atom stereocenters. The van der Waals surface area contributed by atoms with Gasteiger partial charge in [0.15, 0.2) is 0 Å². The van der Waals surface area contributed by atoms with E-state index in [1.807, 2.05) is 18.2 Å². The molecular weight excluding hydrogens is 318 g/mol. The normalized spacial score (nSPS) is 12.3. The Morgan fingerprint density at radius 1 is 1.50 bits per heavy atom. The standard InChI is InChI=1S/C12H8BrNO3S/c13-7-2-1-6-3-9-11(8(6)4-7)14(5-10(15)16)12(17)18-9/h1-2,4H,3,5H2,(H,15,16). The van der Waals surface area contributed by atoms with Gasteiger partial charge in [-0.25, -0.2) is 0 Å². The van der Waals surface area contributed by atoms with Crippen molar-refractivity contribution < 1.29 is 9.90 Å². The van der Waals surface area contributed by atoms with Crippen LogP contribution in [0.5, 0.6) is 0 Å². The lowest BCUT2D eigenvalue weighted by Crippen LogP contribution is -2.19. The van der Waals surface area contributed by atoms with Crippen molar-refractivity contribution in [3.05, 3.63) is 42.8 Å². The van der Waals surface area contributed by atoms with E-state index in [1.54, 1.807) is 0 Å². The number of aliphatic carboxylic acids is 1. The number of carbonyl (C=O) groups is 1. The summed E-state index contributed by atoms with van der Waals surface area (Å²) in [6.45, 7) is -0.281. The smallest absolute Gasteiger partial charge is 0.323 e. The van der Waals surface area contributed by atoms with Gasteiger partial charge in [-0.15, -0.1) is 0 Å². The number of nitrogens with zero attached hydrogens (tertiary/aromatic N) is 1. The number of carboxylic acid groups (broad SMARTS) is 1. The first-order chi connectivity index (χ1) is 8.56. The highest BCUT2D eigenvalue weighted by Gasteiger charge is 2.26. The van der Waals surface area contributed by atoms with Crippen LogP contribution < -0.4 is 4.87 Å². The van der Waals surface area contributed by atoms with Gasteiger partial charge in [-0.3, -0.25) is 14.2 Å². The van der Waals surface area contributed by atoms with Crippen LogP contribution in [0, 0.1) is 0 Å².